The molecule has 1 N–H and O–H groups in total. The van der Waals surface area contributed by atoms with E-state index in [2.05, 4.69) is 14.7 Å². The summed E-state index contributed by atoms with van der Waals surface area (Å²) in [6.45, 7) is 1.52. The van der Waals surface area contributed by atoms with Crippen LogP contribution in [0.1, 0.15) is 5.56 Å². The first kappa shape index (κ1) is 18.5. The Hall–Kier alpha value is -2.91. The molecule has 0 aliphatic heterocycles. The molecule has 0 amide bonds. The molecular formula is C19H13F2N3O2S2. The van der Waals surface area contributed by atoms with Gasteiger partial charge in [-0.15, -0.1) is 11.3 Å². The summed E-state index contributed by atoms with van der Waals surface area (Å²) in [5, 5.41) is 2.33. The monoisotopic (exact) mass is 417 g/mol. The minimum absolute atomic E-state index is 0.0424. The number of rotatable bonds is 4. The highest BCUT2D eigenvalue weighted by molar-refractivity contribution is 7.92. The number of anilines is 1. The average Bonchev–Trinajstić information content (AvgIpc) is 3.07. The maximum absolute atomic E-state index is 13.3. The molecule has 5 nitrogen and oxygen atoms in total. The molecule has 28 heavy (non-hydrogen) atoms. The van der Waals surface area contributed by atoms with E-state index in [0.717, 1.165) is 12.1 Å². The number of benzene rings is 2. The van der Waals surface area contributed by atoms with Crippen molar-refractivity contribution in [3.05, 3.63) is 71.4 Å². The predicted molar refractivity (Wildman–Crippen MR) is 105 cm³/mol. The quantitative estimate of drug-likeness (QED) is 0.520. The highest BCUT2D eigenvalue weighted by Crippen LogP contribution is 2.37. The molecule has 0 saturated heterocycles. The Morgan fingerprint density at radius 2 is 1.71 bits per heavy atom. The van der Waals surface area contributed by atoms with Crippen LogP contribution in [0, 0.1) is 18.6 Å². The normalized spacial score (nSPS) is 11.7. The third-order valence-electron chi connectivity index (χ3n) is 4.18. The molecule has 0 bridgehead atoms. The first-order valence-corrected chi connectivity index (χ1v) is 10.5. The van der Waals surface area contributed by atoms with E-state index in [4.69, 9.17) is 0 Å². The summed E-state index contributed by atoms with van der Waals surface area (Å²) in [7, 11) is -4.00. The summed E-state index contributed by atoms with van der Waals surface area (Å²) in [5.41, 5.74) is 1.68. The highest BCUT2D eigenvalue weighted by atomic mass is 32.2. The second-order valence-corrected chi connectivity index (χ2v) is 8.58. The molecule has 0 aliphatic rings. The van der Waals surface area contributed by atoms with Crippen molar-refractivity contribution in [1.29, 1.82) is 0 Å². The molecule has 2 heterocycles. The van der Waals surface area contributed by atoms with E-state index in [0.29, 0.717) is 21.3 Å². The smallest absolute Gasteiger partial charge is 0.263 e. The first-order valence-electron chi connectivity index (χ1n) is 8.12. The van der Waals surface area contributed by atoms with Crippen LogP contribution in [0.3, 0.4) is 0 Å². The lowest BCUT2D eigenvalue weighted by Crippen LogP contribution is -2.15. The van der Waals surface area contributed by atoms with Crippen LogP contribution in [0.2, 0.25) is 0 Å². The summed E-state index contributed by atoms with van der Waals surface area (Å²) in [5.74, 6) is -0.779. The maximum atomic E-state index is 13.3. The van der Waals surface area contributed by atoms with E-state index < -0.39 is 15.8 Å². The Labute approximate surface area is 163 Å². The molecule has 2 aromatic carbocycles. The van der Waals surface area contributed by atoms with Gasteiger partial charge in [-0.25, -0.2) is 27.2 Å². The fraction of sp³-hybridized carbons (Fsp3) is 0.0526. The van der Waals surface area contributed by atoms with Crippen LogP contribution < -0.4 is 4.72 Å². The molecule has 0 saturated carbocycles. The zero-order valence-corrected chi connectivity index (χ0v) is 16.1. The minimum atomic E-state index is -4.00. The van der Waals surface area contributed by atoms with Gasteiger partial charge in [0.25, 0.3) is 10.0 Å². The number of aryl methyl sites for hydroxylation is 1. The molecule has 0 radical (unpaired) electrons. The Balaban J connectivity index is 1.83. The number of nitrogens with one attached hydrogen (secondary N) is 1. The van der Waals surface area contributed by atoms with E-state index in [1.54, 1.807) is 12.1 Å². The second kappa shape index (κ2) is 6.92. The van der Waals surface area contributed by atoms with Crippen molar-refractivity contribution in [3.8, 4) is 11.1 Å². The molecule has 0 aliphatic carbocycles. The minimum Gasteiger partial charge on any atom is -0.263 e. The lowest BCUT2D eigenvalue weighted by atomic mass is 10.1. The van der Waals surface area contributed by atoms with Crippen molar-refractivity contribution in [1.82, 2.24) is 9.97 Å². The van der Waals surface area contributed by atoms with Crippen LogP contribution in [0.15, 0.2) is 59.1 Å². The molecule has 4 rings (SSSR count). The van der Waals surface area contributed by atoms with Crippen LogP contribution in [-0.2, 0) is 10.0 Å². The van der Waals surface area contributed by atoms with Gasteiger partial charge in [-0.2, -0.15) is 0 Å². The standard InChI is InChI=1S/C19H13F2N3O2S2/c1-11-8-14(21)6-7-16(11)28(25,26)24-18-17-15(9-27-19(17)23-10-22-18)12-2-4-13(20)5-3-12/h2-10H,1H3,(H,22,23,24). The zero-order chi connectivity index (χ0) is 19.9. The van der Waals surface area contributed by atoms with E-state index in [-0.39, 0.29) is 22.1 Å². The van der Waals surface area contributed by atoms with Gasteiger partial charge in [0.15, 0.2) is 5.82 Å². The largest absolute Gasteiger partial charge is 0.263 e. The lowest BCUT2D eigenvalue weighted by molar-refractivity contribution is 0.598. The van der Waals surface area contributed by atoms with Gasteiger partial charge in [-0.3, -0.25) is 4.72 Å². The van der Waals surface area contributed by atoms with E-state index >= 15 is 0 Å². The number of halogens is 2. The van der Waals surface area contributed by atoms with Gasteiger partial charge in [0.2, 0.25) is 0 Å². The molecule has 142 valence electrons. The zero-order valence-electron chi connectivity index (χ0n) is 14.5. The summed E-state index contributed by atoms with van der Waals surface area (Å²) in [6.07, 6.45) is 1.27. The summed E-state index contributed by atoms with van der Waals surface area (Å²) in [6, 6.07) is 9.31. The molecule has 0 spiro atoms. The van der Waals surface area contributed by atoms with E-state index in [1.165, 1.54) is 42.8 Å². The lowest BCUT2D eigenvalue weighted by Gasteiger charge is -2.11. The van der Waals surface area contributed by atoms with Crippen LogP contribution in [0.25, 0.3) is 21.3 Å². The highest BCUT2D eigenvalue weighted by Gasteiger charge is 2.21. The summed E-state index contributed by atoms with van der Waals surface area (Å²) >= 11 is 1.32. The SMILES string of the molecule is Cc1cc(F)ccc1S(=O)(=O)Nc1ncnc2scc(-c3ccc(F)cc3)c12. The van der Waals surface area contributed by atoms with Gasteiger partial charge in [0.05, 0.1) is 10.3 Å². The number of sulfonamides is 1. The number of fused-ring (bicyclic) bond motifs is 1. The molecule has 0 unspecified atom stereocenters. The fourth-order valence-corrected chi connectivity index (χ4v) is 5.06. The number of thiophene rings is 1. The Bertz CT molecular complexity index is 1290. The Morgan fingerprint density at radius 3 is 2.43 bits per heavy atom. The number of nitrogens with zero attached hydrogens (tertiary/aromatic N) is 2. The van der Waals surface area contributed by atoms with Gasteiger partial charge in [-0.1, -0.05) is 12.1 Å². The van der Waals surface area contributed by atoms with Crippen LogP contribution in [-0.4, -0.2) is 18.4 Å². The fourth-order valence-electron chi connectivity index (χ4n) is 2.89. The molecule has 4 aromatic rings. The van der Waals surface area contributed by atoms with E-state index in [1.807, 2.05) is 5.38 Å². The van der Waals surface area contributed by atoms with Gasteiger partial charge in [0.1, 0.15) is 22.8 Å². The second-order valence-electron chi connectivity index (χ2n) is 6.07. The topological polar surface area (TPSA) is 72.0 Å². The van der Waals surface area contributed by atoms with Crippen molar-refractivity contribution < 1.29 is 17.2 Å². The molecule has 0 fully saturated rings. The molecular weight excluding hydrogens is 404 g/mol. The third-order valence-corrected chi connectivity index (χ3v) is 6.57. The average molecular weight is 417 g/mol. The Morgan fingerprint density at radius 1 is 1.00 bits per heavy atom. The van der Waals surface area contributed by atoms with E-state index in [9.17, 15) is 17.2 Å². The number of aromatic nitrogens is 2. The molecule has 2 aromatic heterocycles. The van der Waals surface area contributed by atoms with Gasteiger partial charge >= 0.3 is 0 Å². The Kier molecular flexibility index (Phi) is 4.56. The van der Waals surface area contributed by atoms with Gasteiger partial charge in [-0.05, 0) is 48.4 Å². The summed E-state index contributed by atoms with van der Waals surface area (Å²) in [4.78, 5) is 8.83. The predicted octanol–water partition coefficient (Wildman–Crippen LogP) is 4.75. The first-order chi connectivity index (χ1) is 13.3. The van der Waals surface area contributed by atoms with Crippen molar-refractivity contribution in [2.75, 3.05) is 4.72 Å². The van der Waals surface area contributed by atoms with Crippen LogP contribution in [0.5, 0.6) is 0 Å². The van der Waals surface area contributed by atoms with Gasteiger partial charge < -0.3 is 0 Å². The van der Waals surface area contributed by atoms with Crippen molar-refractivity contribution >= 4 is 37.4 Å². The van der Waals surface area contributed by atoms with Crippen molar-refractivity contribution in [2.24, 2.45) is 0 Å². The molecule has 9 heteroatoms. The maximum Gasteiger partial charge on any atom is 0.263 e. The number of hydrogen-bond acceptors (Lipinski definition) is 5. The van der Waals surface area contributed by atoms with Crippen LogP contribution in [0.4, 0.5) is 14.6 Å². The van der Waals surface area contributed by atoms with Crippen molar-refractivity contribution in [3.63, 3.8) is 0 Å². The summed E-state index contributed by atoms with van der Waals surface area (Å²) < 4.78 is 54.8. The van der Waals surface area contributed by atoms with Crippen molar-refractivity contribution in [2.45, 2.75) is 11.8 Å². The third kappa shape index (κ3) is 3.34. The number of hydrogen-bond donors (Lipinski definition) is 1. The van der Waals surface area contributed by atoms with Crippen LogP contribution >= 0.6 is 11.3 Å². The molecule has 0 atom stereocenters. The van der Waals surface area contributed by atoms with Gasteiger partial charge in [0, 0.05) is 10.9 Å².